The Bertz CT molecular complexity index is 810. The topological polar surface area (TPSA) is 75.4 Å². The molecule has 1 heterocycles. The summed E-state index contributed by atoms with van der Waals surface area (Å²) in [5, 5.41) is 2.58. The van der Waals surface area contributed by atoms with Gasteiger partial charge >= 0.3 is 0 Å². The highest BCUT2D eigenvalue weighted by molar-refractivity contribution is 8.01. The Morgan fingerprint density at radius 3 is 2.50 bits per heavy atom. The van der Waals surface area contributed by atoms with Gasteiger partial charge in [-0.1, -0.05) is 48.0 Å². The van der Waals surface area contributed by atoms with Gasteiger partial charge in [-0.2, -0.15) is 0 Å². The van der Waals surface area contributed by atoms with E-state index < -0.39 is 0 Å². The molecule has 1 fully saturated rings. The van der Waals surface area contributed by atoms with Crippen LogP contribution in [0.25, 0.3) is 0 Å². The molecule has 148 valence electrons. The summed E-state index contributed by atoms with van der Waals surface area (Å²) in [4.78, 5) is 26.8. The smallest absolute Gasteiger partial charge is 0.235 e. The number of nitrogens with zero attached hydrogens (tertiary/aromatic N) is 1. The lowest BCUT2D eigenvalue weighted by atomic mass is 9.95. The maximum absolute atomic E-state index is 12.8. The zero-order valence-corrected chi connectivity index (χ0v) is 17.1. The van der Waals surface area contributed by atoms with Crippen molar-refractivity contribution in [2.75, 3.05) is 24.2 Å². The summed E-state index contributed by atoms with van der Waals surface area (Å²) in [5.74, 6) is 0.339. The first kappa shape index (κ1) is 20.4. The Morgan fingerprint density at radius 2 is 1.82 bits per heavy atom. The van der Waals surface area contributed by atoms with Crippen LogP contribution in [0.4, 0.5) is 5.69 Å². The number of carbonyl (C=O) groups excluding carboxylic acids is 2. The second-order valence-corrected chi connectivity index (χ2v) is 8.62. The lowest BCUT2D eigenvalue weighted by Gasteiger charge is -2.20. The van der Waals surface area contributed by atoms with Crippen LogP contribution in [0.5, 0.6) is 0 Å². The van der Waals surface area contributed by atoms with Gasteiger partial charge in [0.05, 0.1) is 11.0 Å². The molecule has 2 aromatic carbocycles. The fourth-order valence-electron chi connectivity index (χ4n) is 3.42. The highest BCUT2D eigenvalue weighted by Gasteiger charge is 2.35. The molecular weight excluding hydrogens is 370 g/mol. The highest BCUT2D eigenvalue weighted by Crippen LogP contribution is 2.28. The first-order valence-corrected chi connectivity index (χ1v) is 10.6. The van der Waals surface area contributed by atoms with Crippen molar-refractivity contribution < 1.29 is 9.59 Å². The van der Waals surface area contributed by atoms with Crippen molar-refractivity contribution in [2.24, 2.45) is 5.73 Å². The maximum atomic E-state index is 12.8. The molecule has 0 aromatic heterocycles. The molecule has 0 saturated carbocycles. The van der Waals surface area contributed by atoms with Gasteiger partial charge in [-0.3, -0.25) is 9.59 Å². The van der Waals surface area contributed by atoms with Crippen molar-refractivity contribution in [1.82, 2.24) is 4.90 Å². The Morgan fingerprint density at radius 1 is 1.14 bits per heavy atom. The fourth-order valence-corrected chi connectivity index (χ4v) is 4.19. The SMILES string of the molecule is Cc1ccc(NC(=O)CSC(C)C(=O)N2C[C@@H](N)[C@H](c3ccccc3)C2)cc1. The number of likely N-dealkylation sites (tertiary alicyclic amines) is 1. The number of aryl methyl sites for hydroxylation is 1. The first-order chi connectivity index (χ1) is 13.4. The number of hydrogen-bond acceptors (Lipinski definition) is 4. The summed E-state index contributed by atoms with van der Waals surface area (Å²) < 4.78 is 0. The van der Waals surface area contributed by atoms with E-state index in [1.807, 2.05) is 61.2 Å². The van der Waals surface area contributed by atoms with Crippen LogP contribution in [0, 0.1) is 6.92 Å². The molecule has 1 aliphatic heterocycles. The molecule has 0 radical (unpaired) electrons. The molecule has 0 aliphatic carbocycles. The molecule has 3 atom stereocenters. The molecule has 1 aliphatic rings. The van der Waals surface area contributed by atoms with Crippen molar-refractivity contribution in [1.29, 1.82) is 0 Å². The summed E-state index contributed by atoms with van der Waals surface area (Å²) in [5.41, 5.74) is 9.38. The van der Waals surface area contributed by atoms with E-state index in [4.69, 9.17) is 5.73 Å². The number of nitrogens with one attached hydrogen (secondary N) is 1. The number of carbonyl (C=O) groups is 2. The summed E-state index contributed by atoms with van der Waals surface area (Å²) in [6.45, 7) is 5.04. The summed E-state index contributed by atoms with van der Waals surface area (Å²) >= 11 is 1.36. The van der Waals surface area contributed by atoms with Gasteiger partial charge in [0, 0.05) is 30.7 Å². The highest BCUT2D eigenvalue weighted by atomic mass is 32.2. The zero-order valence-electron chi connectivity index (χ0n) is 16.3. The summed E-state index contributed by atoms with van der Waals surface area (Å²) in [6, 6.07) is 17.7. The van der Waals surface area contributed by atoms with E-state index in [1.165, 1.54) is 17.3 Å². The normalized spacial score (nSPS) is 20.0. The van der Waals surface area contributed by atoms with Gasteiger partial charge in [0.1, 0.15) is 0 Å². The predicted molar refractivity (Wildman–Crippen MR) is 115 cm³/mol. The molecule has 28 heavy (non-hydrogen) atoms. The number of amides is 2. The van der Waals surface area contributed by atoms with E-state index >= 15 is 0 Å². The summed E-state index contributed by atoms with van der Waals surface area (Å²) in [7, 11) is 0. The average Bonchev–Trinajstić information content (AvgIpc) is 3.09. The van der Waals surface area contributed by atoms with Crippen LogP contribution in [0.15, 0.2) is 54.6 Å². The number of anilines is 1. The molecule has 5 nitrogen and oxygen atoms in total. The van der Waals surface area contributed by atoms with Gasteiger partial charge in [-0.25, -0.2) is 0 Å². The third-order valence-corrected chi connectivity index (χ3v) is 6.18. The maximum Gasteiger partial charge on any atom is 0.235 e. The minimum atomic E-state index is -0.287. The summed E-state index contributed by atoms with van der Waals surface area (Å²) in [6.07, 6.45) is 0. The van der Waals surface area contributed by atoms with Gasteiger partial charge in [0.25, 0.3) is 0 Å². The second kappa shape index (κ2) is 9.26. The first-order valence-electron chi connectivity index (χ1n) is 9.51. The number of benzene rings is 2. The van der Waals surface area contributed by atoms with Crippen LogP contribution in [-0.4, -0.2) is 46.8 Å². The van der Waals surface area contributed by atoms with Crippen molar-refractivity contribution >= 4 is 29.3 Å². The standard InChI is InChI=1S/C22H27N3O2S/c1-15-8-10-18(11-9-15)24-21(26)14-28-16(2)22(27)25-12-19(20(23)13-25)17-6-4-3-5-7-17/h3-11,16,19-20H,12-14,23H2,1-2H3,(H,24,26)/t16?,19-,20+/m0/s1. The van der Waals surface area contributed by atoms with Crippen molar-refractivity contribution in [3.63, 3.8) is 0 Å². The van der Waals surface area contributed by atoms with Crippen LogP contribution in [-0.2, 0) is 9.59 Å². The Balaban J connectivity index is 1.49. The van der Waals surface area contributed by atoms with Gasteiger partial charge in [-0.05, 0) is 31.5 Å². The molecule has 6 heteroatoms. The van der Waals surface area contributed by atoms with Crippen molar-refractivity contribution in [3.05, 3.63) is 65.7 Å². The zero-order chi connectivity index (χ0) is 20.1. The largest absolute Gasteiger partial charge is 0.339 e. The van der Waals surface area contributed by atoms with Crippen molar-refractivity contribution in [3.8, 4) is 0 Å². The minimum absolute atomic E-state index is 0.0435. The van der Waals surface area contributed by atoms with E-state index in [0.29, 0.717) is 13.1 Å². The average molecular weight is 398 g/mol. The van der Waals surface area contributed by atoms with E-state index in [2.05, 4.69) is 17.4 Å². The molecule has 3 rings (SSSR count). The Hall–Kier alpha value is -2.31. The lowest BCUT2D eigenvalue weighted by molar-refractivity contribution is -0.129. The van der Waals surface area contributed by atoms with Crippen LogP contribution in [0.2, 0.25) is 0 Å². The molecular formula is C22H27N3O2S. The van der Waals surface area contributed by atoms with E-state index in [1.54, 1.807) is 0 Å². The monoisotopic (exact) mass is 397 g/mol. The third kappa shape index (κ3) is 5.14. The molecule has 3 N–H and O–H groups in total. The lowest BCUT2D eigenvalue weighted by Crippen LogP contribution is -2.37. The van der Waals surface area contributed by atoms with Crippen LogP contribution in [0.1, 0.15) is 24.0 Å². The number of thioether (sulfide) groups is 1. The van der Waals surface area contributed by atoms with E-state index in [-0.39, 0.29) is 34.8 Å². The van der Waals surface area contributed by atoms with Crippen LogP contribution >= 0.6 is 11.8 Å². The van der Waals surface area contributed by atoms with Crippen LogP contribution < -0.4 is 11.1 Å². The quantitative estimate of drug-likeness (QED) is 0.786. The number of rotatable bonds is 6. The Labute approximate surface area is 170 Å². The van der Waals surface area contributed by atoms with Crippen LogP contribution in [0.3, 0.4) is 0 Å². The molecule has 0 spiro atoms. The third-order valence-electron chi connectivity index (χ3n) is 5.05. The molecule has 2 aromatic rings. The van der Waals surface area contributed by atoms with Gasteiger partial charge < -0.3 is 16.0 Å². The molecule has 0 bridgehead atoms. The fraction of sp³-hybridized carbons (Fsp3) is 0.364. The van der Waals surface area contributed by atoms with Gasteiger partial charge in [0.15, 0.2) is 0 Å². The van der Waals surface area contributed by atoms with E-state index in [9.17, 15) is 9.59 Å². The second-order valence-electron chi connectivity index (χ2n) is 7.29. The number of hydrogen-bond donors (Lipinski definition) is 2. The van der Waals surface area contributed by atoms with Gasteiger partial charge in [-0.15, -0.1) is 11.8 Å². The molecule has 2 amide bonds. The minimum Gasteiger partial charge on any atom is -0.339 e. The van der Waals surface area contributed by atoms with E-state index in [0.717, 1.165) is 11.3 Å². The molecule has 1 saturated heterocycles. The van der Waals surface area contributed by atoms with Crippen molar-refractivity contribution in [2.45, 2.75) is 31.1 Å². The van der Waals surface area contributed by atoms with Gasteiger partial charge in [0.2, 0.25) is 11.8 Å². The predicted octanol–water partition coefficient (Wildman–Crippen LogP) is 3.01. The Kier molecular flexibility index (Phi) is 6.75. The number of nitrogens with two attached hydrogens (primary N) is 1. The molecule has 1 unspecified atom stereocenters.